The van der Waals surface area contributed by atoms with Crippen molar-refractivity contribution >= 4 is 11.8 Å². The summed E-state index contributed by atoms with van der Waals surface area (Å²) >= 11 is 0. The van der Waals surface area contributed by atoms with Gasteiger partial charge in [-0.25, -0.2) is 4.39 Å². The predicted octanol–water partition coefficient (Wildman–Crippen LogP) is 3.77. The third-order valence-electron chi connectivity index (χ3n) is 5.51. The van der Waals surface area contributed by atoms with E-state index in [0.717, 1.165) is 17.5 Å². The number of carbonyl (C=O) groups is 2. The highest BCUT2D eigenvalue weighted by molar-refractivity contribution is 5.84. The minimum Gasteiger partial charge on any atom is -0.356 e. The number of amides is 2. The molecule has 2 atom stereocenters. The fourth-order valence-corrected chi connectivity index (χ4v) is 3.85. The quantitative estimate of drug-likeness (QED) is 0.774. The number of hydrogen-bond donors (Lipinski definition) is 1. The molecule has 1 saturated heterocycles. The molecule has 1 aliphatic rings. The van der Waals surface area contributed by atoms with E-state index >= 15 is 0 Å². The van der Waals surface area contributed by atoms with Gasteiger partial charge in [-0.1, -0.05) is 56.3 Å². The molecule has 0 unspecified atom stereocenters. The molecule has 0 bridgehead atoms. The Morgan fingerprint density at radius 2 is 1.86 bits per heavy atom. The van der Waals surface area contributed by atoms with Crippen LogP contribution in [0.1, 0.15) is 37.3 Å². The summed E-state index contributed by atoms with van der Waals surface area (Å²) in [5.41, 5.74) is 1.72. The van der Waals surface area contributed by atoms with Crippen molar-refractivity contribution in [3.63, 3.8) is 0 Å². The molecule has 2 aromatic carbocycles. The Hall–Kier alpha value is -2.69. The first-order valence-electron chi connectivity index (χ1n) is 10.3. The van der Waals surface area contributed by atoms with Gasteiger partial charge in [0.15, 0.2) is 0 Å². The van der Waals surface area contributed by atoms with Crippen molar-refractivity contribution in [2.75, 3.05) is 19.6 Å². The topological polar surface area (TPSA) is 49.4 Å². The third kappa shape index (κ3) is 5.66. The number of nitrogens with zero attached hydrogens (tertiary/aromatic N) is 1. The van der Waals surface area contributed by atoms with Crippen LogP contribution in [0, 0.1) is 17.7 Å². The maximum absolute atomic E-state index is 13.8. The number of carbonyl (C=O) groups excluding carboxylic acids is 2. The zero-order chi connectivity index (χ0) is 20.8. The van der Waals surface area contributed by atoms with Crippen molar-refractivity contribution in [1.29, 1.82) is 0 Å². The summed E-state index contributed by atoms with van der Waals surface area (Å²) in [6, 6.07) is 16.0. The second-order valence-electron chi connectivity index (χ2n) is 8.20. The molecule has 1 aliphatic heterocycles. The number of nitrogens with one attached hydrogen (secondary N) is 1. The maximum atomic E-state index is 13.8. The molecule has 4 nitrogen and oxygen atoms in total. The Morgan fingerprint density at radius 1 is 1.10 bits per heavy atom. The zero-order valence-corrected chi connectivity index (χ0v) is 17.1. The van der Waals surface area contributed by atoms with Crippen LogP contribution in [0.15, 0.2) is 54.6 Å². The van der Waals surface area contributed by atoms with Gasteiger partial charge >= 0.3 is 0 Å². The summed E-state index contributed by atoms with van der Waals surface area (Å²) in [6.45, 7) is 5.63. The van der Waals surface area contributed by atoms with Crippen molar-refractivity contribution in [2.24, 2.45) is 11.8 Å². The highest BCUT2D eigenvalue weighted by Crippen LogP contribution is 2.33. The minimum atomic E-state index is -0.372. The standard InChI is InChI=1S/C24H29FN2O2/c1-17(2)11-12-26-24(29)22-16-27(23(28)13-18-7-4-3-5-8-18)15-21(22)19-9-6-10-20(25)14-19/h3-10,14,17,21-22H,11-13,15-16H2,1-2H3,(H,26,29)/t21-,22+/m0/s1. The number of benzene rings is 2. The minimum absolute atomic E-state index is 0.00455. The van der Waals surface area contributed by atoms with Gasteiger partial charge in [0.1, 0.15) is 5.82 Å². The van der Waals surface area contributed by atoms with E-state index < -0.39 is 0 Å². The summed E-state index contributed by atoms with van der Waals surface area (Å²) in [7, 11) is 0. The van der Waals surface area contributed by atoms with E-state index in [1.807, 2.05) is 36.4 Å². The molecule has 0 spiro atoms. The van der Waals surface area contributed by atoms with Gasteiger partial charge in [0.2, 0.25) is 11.8 Å². The van der Waals surface area contributed by atoms with E-state index in [0.29, 0.717) is 32.0 Å². The van der Waals surface area contributed by atoms with Gasteiger partial charge in [0, 0.05) is 25.6 Å². The highest BCUT2D eigenvalue weighted by atomic mass is 19.1. The van der Waals surface area contributed by atoms with E-state index in [1.165, 1.54) is 12.1 Å². The number of rotatable bonds is 7. The lowest BCUT2D eigenvalue weighted by atomic mass is 9.88. The molecule has 1 heterocycles. The molecule has 1 fully saturated rings. The predicted molar refractivity (Wildman–Crippen MR) is 112 cm³/mol. The number of halogens is 1. The van der Waals surface area contributed by atoms with Gasteiger partial charge in [0.25, 0.3) is 0 Å². The Morgan fingerprint density at radius 3 is 2.55 bits per heavy atom. The van der Waals surface area contributed by atoms with E-state index in [1.54, 1.807) is 11.0 Å². The number of likely N-dealkylation sites (tertiary alicyclic amines) is 1. The van der Waals surface area contributed by atoms with Crippen LogP contribution in [0.25, 0.3) is 0 Å². The van der Waals surface area contributed by atoms with Crippen molar-refractivity contribution in [3.05, 3.63) is 71.5 Å². The first kappa shape index (κ1) is 21.0. The molecule has 3 rings (SSSR count). The van der Waals surface area contributed by atoms with Gasteiger partial charge in [-0.3, -0.25) is 9.59 Å². The maximum Gasteiger partial charge on any atom is 0.227 e. The van der Waals surface area contributed by atoms with Crippen LogP contribution in [-0.4, -0.2) is 36.3 Å². The largest absolute Gasteiger partial charge is 0.356 e. The van der Waals surface area contributed by atoms with Crippen molar-refractivity contribution in [2.45, 2.75) is 32.6 Å². The van der Waals surface area contributed by atoms with Gasteiger partial charge < -0.3 is 10.2 Å². The first-order valence-corrected chi connectivity index (χ1v) is 10.3. The zero-order valence-electron chi connectivity index (χ0n) is 17.1. The fraction of sp³-hybridized carbons (Fsp3) is 0.417. The molecular weight excluding hydrogens is 367 g/mol. The smallest absolute Gasteiger partial charge is 0.227 e. The molecule has 5 heteroatoms. The van der Waals surface area contributed by atoms with Crippen LogP contribution in [-0.2, 0) is 16.0 Å². The van der Waals surface area contributed by atoms with E-state index in [2.05, 4.69) is 19.2 Å². The molecule has 0 saturated carbocycles. The van der Waals surface area contributed by atoms with Crippen molar-refractivity contribution in [1.82, 2.24) is 10.2 Å². The molecule has 1 N–H and O–H groups in total. The van der Waals surface area contributed by atoms with Gasteiger partial charge in [-0.2, -0.15) is 0 Å². The van der Waals surface area contributed by atoms with Crippen molar-refractivity contribution < 1.29 is 14.0 Å². The van der Waals surface area contributed by atoms with Gasteiger partial charge in [0.05, 0.1) is 12.3 Å². The van der Waals surface area contributed by atoms with Crippen LogP contribution in [0.5, 0.6) is 0 Å². The van der Waals surface area contributed by atoms with E-state index in [4.69, 9.17) is 0 Å². The Labute approximate surface area is 172 Å². The third-order valence-corrected chi connectivity index (χ3v) is 5.51. The highest BCUT2D eigenvalue weighted by Gasteiger charge is 2.40. The van der Waals surface area contributed by atoms with Crippen molar-refractivity contribution in [3.8, 4) is 0 Å². The number of hydrogen-bond acceptors (Lipinski definition) is 2. The first-order chi connectivity index (χ1) is 13.9. The second-order valence-corrected chi connectivity index (χ2v) is 8.20. The molecule has 2 aromatic rings. The van der Waals surface area contributed by atoms with Crippen LogP contribution in [0.3, 0.4) is 0 Å². The lowest BCUT2D eigenvalue weighted by Crippen LogP contribution is -2.36. The molecule has 2 amide bonds. The normalized spacial score (nSPS) is 18.8. The molecule has 0 radical (unpaired) electrons. The summed E-state index contributed by atoms with van der Waals surface area (Å²) in [5, 5.41) is 3.01. The van der Waals surface area contributed by atoms with E-state index in [9.17, 15) is 14.0 Å². The molecule has 0 aliphatic carbocycles. The Kier molecular flexibility index (Phi) is 7.02. The summed E-state index contributed by atoms with van der Waals surface area (Å²) in [6.07, 6.45) is 1.21. The van der Waals surface area contributed by atoms with Crippen LogP contribution in [0.2, 0.25) is 0 Å². The average molecular weight is 397 g/mol. The summed E-state index contributed by atoms with van der Waals surface area (Å²) in [5.74, 6) is -0.462. The molecular formula is C24H29FN2O2. The second kappa shape index (κ2) is 9.68. The molecule has 0 aromatic heterocycles. The summed E-state index contributed by atoms with van der Waals surface area (Å²) < 4.78 is 13.8. The lowest BCUT2D eigenvalue weighted by Gasteiger charge is -2.18. The summed E-state index contributed by atoms with van der Waals surface area (Å²) in [4.78, 5) is 27.5. The van der Waals surface area contributed by atoms with Crippen LogP contribution < -0.4 is 5.32 Å². The Bertz CT molecular complexity index is 838. The van der Waals surface area contributed by atoms with Crippen LogP contribution in [0.4, 0.5) is 4.39 Å². The SMILES string of the molecule is CC(C)CCNC(=O)[C@@H]1CN(C(=O)Cc2ccccc2)C[C@H]1c1cccc(F)c1. The average Bonchev–Trinajstić information content (AvgIpc) is 3.14. The molecule has 154 valence electrons. The fourth-order valence-electron chi connectivity index (χ4n) is 3.85. The lowest BCUT2D eigenvalue weighted by molar-refractivity contribution is -0.130. The molecule has 29 heavy (non-hydrogen) atoms. The van der Waals surface area contributed by atoms with E-state index in [-0.39, 0.29) is 29.5 Å². The van der Waals surface area contributed by atoms with Gasteiger partial charge in [-0.15, -0.1) is 0 Å². The Balaban J connectivity index is 1.74. The van der Waals surface area contributed by atoms with Crippen LogP contribution >= 0.6 is 0 Å². The van der Waals surface area contributed by atoms with Gasteiger partial charge in [-0.05, 0) is 35.6 Å². The monoisotopic (exact) mass is 396 g/mol.